The molecule has 0 spiro atoms. The lowest BCUT2D eigenvalue weighted by molar-refractivity contribution is 0.0605. The van der Waals surface area contributed by atoms with Crippen molar-refractivity contribution >= 4 is 28.3 Å². The third-order valence-electron chi connectivity index (χ3n) is 3.51. The van der Waals surface area contributed by atoms with Gasteiger partial charge in [-0.1, -0.05) is 23.5 Å². The monoisotopic (exact) mass is 356 g/mol. The standard InChI is InChI=1S/C17H16N4O3S/c1-11-14(16(23)24-2)25-17(19-11)20-15(22)13-6-4-12(5-7-13)10-21-9-3-8-18-21/h3-9H,10H2,1-2H3,(H,19,20,22). The first-order valence-corrected chi connectivity index (χ1v) is 8.32. The summed E-state index contributed by atoms with van der Waals surface area (Å²) >= 11 is 1.09. The molecule has 0 atom stereocenters. The van der Waals surface area contributed by atoms with E-state index in [1.807, 2.05) is 29.1 Å². The predicted molar refractivity (Wildman–Crippen MR) is 93.9 cm³/mol. The Morgan fingerprint density at radius 1 is 1.28 bits per heavy atom. The molecule has 0 saturated carbocycles. The molecule has 0 radical (unpaired) electrons. The van der Waals surface area contributed by atoms with Gasteiger partial charge in [0.15, 0.2) is 5.13 Å². The number of ether oxygens (including phenoxy) is 1. The Balaban J connectivity index is 1.68. The van der Waals surface area contributed by atoms with E-state index in [9.17, 15) is 9.59 Å². The summed E-state index contributed by atoms with van der Waals surface area (Å²) in [4.78, 5) is 28.5. The second-order valence-corrected chi connectivity index (χ2v) is 6.28. The summed E-state index contributed by atoms with van der Waals surface area (Å²) in [6.07, 6.45) is 3.60. The number of nitrogens with one attached hydrogen (secondary N) is 1. The number of nitrogens with zero attached hydrogens (tertiary/aromatic N) is 3. The molecule has 3 aromatic rings. The predicted octanol–water partition coefficient (Wildman–Crippen LogP) is 2.74. The van der Waals surface area contributed by atoms with Gasteiger partial charge in [0.25, 0.3) is 5.91 Å². The molecular formula is C17H16N4O3S. The van der Waals surface area contributed by atoms with Crippen molar-refractivity contribution in [3.05, 3.63) is 64.4 Å². The molecule has 2 aromatic heterocycles. The van der Waals surface area contributed by atoms with Crippen LogP contribution in [-0.4, -0.2) is 33.8 Å². The topological polar surface area (TPSA) is 86.1 Å². The SMILES string of the molecule is COC(=O)c1sc(NC(=O)c2ccc(Cn3cccn3)cc2)nc1C. The Labute approximate surface area is 148 Å². The number of carbonyl (C=O) groups is 2. The molecule has 7 nitrogen and oxygen atoms in total. The van der Waals surface area contributed by atoms with Crippen molar-refractivity contribution in [1.29, 1.82) is 0 Å². The van der Waals surface area contributed by atoms with Crippen LogP contribution in [0.1, 0.15) is 31.3 Å². The maximum absolute atomic E-state index is 12.3. The van der Waals surface area contributed by atoms with Crippen molar-refractivity contribution < 1.29 is 14.3 Å². The number of thiazole rings is 1. The van der Waals surface area contributed by atoms with Crippen molar-refractivity contribution in [2.24, 2.45) is 0 Å². The largest absolute Gasteiger partial charge is 0.465 e. The quantitative estimate of drug-likeness (QED) is 0.711. The summed E-state index contributed by atoms with van der Waals surface area (Å²) < 4.78 is 6.50. The molecule has 1 amide bonds. The van der Waals surface area contributed by atoms with Crippen LogP contribution in [0, 0.1) is 6.92 Å². The smallest absolute Gasteiger partial charge is 0.350 e. The Kier molecular flexibility index (Phi) is 4.90. The van der Waals surface area contributed by atoms with Gasteiger partial charge in [0, 0.05) is 18.0 Å². The highest BCUT2D eigenvalue weighted by molar-refractivity contribution is 7.17. The van der Waals surface area contributed by atoms with Crippen LogP contribution in [0.2, 0.25) is 0 Å². The zero-order chi connectivity index (χ0) is 17.8. The molecule has 0 fully saturated rings. The molecule has 0 aliphatic rings. The van der Waals surface area contributed by atoms with Crippen LogP contribution in [0.3, 0.4) is 0 Å². The average molecular weight is 356 g/mol. The average Bonchev–Trinajstić information content (AvgIpc) is 3.24. The Morgan fingerprint density at radius 3 is 2.68 bits per heavy atom. The van der Waals surface area contributed by atoms with Gasteiger partial charge in [0.05, 0.1) is 19.3 Å². The number of anilines is 1. The molecule has 0 unspecified atom stereocenters. The van der Waals surface area contributed by atoms with Crippen LogP contribution in [-0.2, 0) is 11.3 Å². The maximum atomic E-state index is 12.3. The number of esters is 1. The lowest BCUT2D eigenvalue weighted by Crippen LogP contribution is -2.11. The summed E-state index contributed by atoms with van der Waals surface area (Å²) in [5.41, 5.74) is 2.08. The number of amides is 1. The highest BCUT2D eigenvalue weighted by Crippen LogP contribution is 2.23. The first-order chi connectivity index (χ1) is 12.1. The molecule has 3 rings (SSSR count). The van der Waals surface area contributed by atoms with E-state index in [-0.39, 0.29) is 5.91 Å². The van der Waals surface area contributed by atoms with Gasteiger partial charge in [-0.05, 0) is 30.7 Å². The van der Waals surface area contributed by atoms with Crippen molar-refractivity contribution in [2.75, 3.05) is 12.4 Å². The van der Waals surface area contributed by atoms with Gasteiger partial charge >= 0.3 is 5.97 Å². The number of aromatic nitrogens is 3. The van der Waals surface area contributed by atoms with E-state index in [4.69, 9.17) is 0 Å². The van der Waals surface area contributed by atoms with Gasteiger partial charge in [0.2, 0.25) is 0 Å². The van der Waals surface area contributed by atoms with Crippen LogP contribution < -0.4 is 5.32 Å². The van der Waals surface area contributed by atoms with Crippen LogP contribution in [0.25, 0.3) is 0 Å². The summed E-state index contributed by atoms with van der Waals surface area (Å²) in [7, 11) is 1.31. The molecule has 25 heavy (non-hydrogen) atoms. The van der Waals surface area contributed by atoms with E-state index >= 15 is 0 Å². The number of aryl methyl sites for hydroxylation is 1. The van der Waals surface area contributed by atoms with Gasteiger partial charge in [-0.3, -0.25) is 14.8 Å². The van der Waals surface area contributed by atoms with Crippen LogP contribution in [0.15, 0.2) is 42.7 Å². The maximum Gasteiger partial charge on any atom is 0.350 e. The molecule has 0 aliphatic heterocycles. The van der Waals surface area contributed by atoms with Crippen molar-refractivity contribution in [2.45, 2.75) is 13.5 Å². The molecule has 8 heteroatoms. The number of benzene rings is 1. The first kappa shape index (κ1) is 16.8. The fourth-order valence-corrected chi connectivity index (χ4v) is 3.12. The van der Waals surface area contributed by atoms with E-state index < -0.39 is 5.97 Å². The molecule has 0 bridgehead atoms. The minimum Gasteiger partial charge on any atom is -0.465 e. The Bertz CT molecular complexity index is 885. The lowest BCUT2D eigenvalue weighted by Gasteiger charge is -2.05. The minimum absolute atomic E-state index is 0.282. The molecule has 1 N–H and O–H groups in total. The van der Waals surface area contributed by atoms with Gasteiger partial charge in [-0.2, -0.15) is 5.10 Å². The second kappa shape index (κ2) is 7.27. The zero-order valence-corrected chi connectivity index (χ0v) is 14.5. The van der Waals surface area contributed by atoms with Crippen LogP contribution in [0.5, 0.6) is 0 Å². The summed E-state index contributed by atoms with van der Waals surface area (Å²) in [5, 5.41) is 7.22. The highest BCUT2D eigenvalue weighted by atomic mass is 32.1. The number of hydrogen-bond donors (Lipinski definition) is 1. The number of rotatable bonds is 5. The normalized spacial score (nSPS) is 10.5. The Morgan fingerprint density at radius 2 is 2.04 bits per heavy atom. The van der Waals surface area contributed by atoms with Crippen LogP contribution >= 0.6 is 11.3 Å². The van der Waals surface area contributed by atoms with Gasteiger partial charge in [0.1, 0.15) is 4.88 Å². The number of carbonyl (C=O) groups excluding carboxylic acids is 2. The summed E-state index contributed by atoms with van der Waals surface area (Å²) in [6, 6.07) is 9.11. The fraction of sp³-hybridized carbons (Fsp3) is 0.176. The van der Waals surface area contributed by atoms with Gasteiger partial charge in [-0.25, -0.2) is 9.78 Å². The van der Waals surface area contributed by atoms with E-state index in [2.05, 4.69) is 20.1 Å². The molecule has 128 valence electrons. The fourth-order valence-electron chi connectivity index (χ4n) is 2.24. The minimum atomic E-state index is -0.460. The summed E-state index contributed by atoms with van der Waals surface area (Å²) in [5.74, 6) is -0.741. The Hall–Kier alpha value is -3.00. The van der Waals surface area contributed by atoms with Crippen molar-refractivity contribution in [3.8, 4) is 0 Å². The molecular weight excluding hydrogens is 340 g/mol. The second-order valence-electron chi connectivity index (χ2n) is 5.28. The third kappa shape index (κ3) is 3.92. The molecule has 1 aromatic carbocycles. The highest BCUT2D eigenvalue weighted by Gasteiger charge is 2.17. The van der Waals surface area contributed by atoms with E-state index in [1.165, 1.54) is 7.11 Å². The van der Waals surface area contributed by atoms with Crippen molar-refractivity contribution in [1.82, 2.24) is 14.8 Å². The van der Waals surface area contributed by atoms with Crippen molar-refractivity contribution in [3.63, 3.8) is 0 Å². The number of hydrogen-bond acceptors (Lipinski definition) is 6. The molecule has 2 heterocycles. The van der Waals surface area contributed by atoms with Crippen LogP contribution in [0.4, 0.5) is 5.13 Å². The number of methoxy groups -OCH3 is 1. The van der Waals surface area contributed by atoms with E-state index in [0.717, 1.165) is 16.9 Å². The molecule has 0 saturated heterocycles. The van der Waals surface area contributed by atoms with Gasteiger partial charge < -0.3 is 4.74 Å². The van der Waals surface area contributed by atoms with E-state index in [0.29, 0.717) is 27.8 Å². The third-order valence-corrected chi connectivity index (χ3v) is 4.56. The first-order valence-electron chi connectivity index (χ1n) is 7.50. The summed E-state index contributed by atoms with van der Waals surface area (Å²) in [6.45, 7) is 2.34. The molecule has 0 aliphatic carbocycles. The van der Waals surface area contributed by atoms with Gasteiger partial charge in [-0.15, -0.1) is 0 Å². The zero-order valence-electron chi connectivity index (χ0n) is 13.7. The van der Waals surface area contributed by atoms with E-state index in [1.54, 1.807) is 25.3 Å². The lowest BCUT2D eigenvalue weighted by atomic mass is 10.1.